The van der Waals surface area contributed by atoms with Gasteiger partial charge >= 0.3 is 0 Å². The van der Waals surface area contributed by atoms with Gasteiger partial charge < -0.3 is 0 Å². The van der Waals surface area contributed by atoms with E-state index in [-0.39, 0.29) is 0 Å². The first-order valence-corrected chi connectivity index (χ1v) is 9.43. The lowest BCUT2D eigenvalue weighted by atomic mass is 10.2. The van der Waals surface area contributed by atoms with E-state index in [1.54, 1.807) is 22.5 Å². The average Bonchev–Trinajstić information content (AvgIpc) is 2.41. The second-order valence-electron chi connectivity index (χ2n) is 5.02. The second kappa shape index (κ2) is 8.15. The lowest BCUT2D eigenvalue weighted by Gasteiger charge is -2.22. The van der Waals surface area contributed by atoms with Crippen molar-refractivity contribution in [2.75, 3.05) is 13.1 Å². The van der Waals surface area contributed by atoms with Gasteiger partial charge in [0.15, 0.2) is 0 Å². The highest BCUT2D eigenvalue weighted by Gasteiger charge is 2.23. The van der Waals surface area contributed by atoms with Crippen LogP contribution in [0.5, 0.6) is 0 Å². The minimum absolute atomic E-state index is 0.394. The van der Waals surface area contributed by atoms with Crippen LogP contribution in [-0.2, 0) is 10.0 Å². The number of hydrogen-bond donors (Lipinski definition) is 0. The van der Waals surface area contributed by atoms with E-state index >= 15 is 0 Å². The summed E-state index contributed by atoms with van der Waals surface area (Å²) in [5.41, 5.74) is 0.942. The molecular formula is C15H24BrNO2S. The molecule has 0 aromatic heterocycles. The first kappa shape index (κ1) is 17.7. The molecule has 20 heavy (non-hydrogen) atoms. The van der Waals surface area contributed by atoms with Crippen molar-refractivity contribution in [1.82, 2.24) is 4.31 Å². The fourth-order valence-corrected chi connectivity index (χ4v) is 3.80. The number of aryl methyl sites for hydroxylation is 1. The van der Waals surface area contributed by atoms with Crippen LogP contribution in [0.1, 0.15) is 45.1 Å². The van der Waals surface area contributed by atoms with E-state index in [1.807, 2.05) is 6.92 Å². The molecule has 0 bridgehead atoms. The zero-order valence-corrected chi connectivity index (χ0v) is 14.9. The van der Waals surface area contributed by atoms with Crippen LogP contribution < -0.4 is 0 Å². The van der Waals surface area contributed by atoms with E-state index in [9.17, 15) is 8.42 Å². The Labute approximate surface area is 131 Å². The predicted molar refractivity (Wildman–Crippen MR) is 87.5 cm³/mol. The molecular weight excluding hydrogens is 338 g/mol. The van der Waals surface area contributed by atoms with E-state index in [2.05, 4.69) is 29.8 Å². The van der Waals surface area contributed by atoms with Crippen molar-refractivity contribution < 1.29 is 8.42 Å². The molecule has 114 valence electrons. The van der Waals surface area contributed by atoms with Crippen molar-refractivity contribution in [3.05, 3.63) is 28.2 Å². The fraction of sp³-hybridized carbons (Fsp3) is 0.600. The molecule has 0 heterocycles. The van der Waals surface area contributed by atoms with Gasteiger partial charge in [0.1, 0.15) is 0 Å². The third-order valence-corrected chi connectivity index (χ3v) is 6.07. The lowest BCUT2D eigenvalue weighted by Crippen LogP contribution is -2.33. The van der Waals surface area contributed by atoms with E-state index in [0.29, 0.717) is 18.0 Å². The van der Waals surface area contributed by atoms with Gasteiger partial charge in [0.05, 0.1) is 4.90 Å². The predicted octanol–water partition coefficient (Wildman–Crippen LogP) is 4.35. The van der Waals surface area contributed by atoms with Gasteiger partial charge in [0, 0.05) is 17.6 Å². The highest BCUT2D eigenvalue weighted by Crippen LogP contribution is 2.23. The third-order valence-electron chi connectivity index (χ3n) is 3.29. The number of benzene rings is 1. The standard InChI is InChI=1S/C15H24BrNO2S/c1-4-6-10-17(11-7-5-2)20(18,19)14-8-9-15(16)13(3)12-14/h8-9,12H,4-7,10-11H2,1-3H3. The molecule has 0 amide bonds. The molecule has 1 aromatic rings. The summed E-state index contributed by atoms with van der Waals surface area (Å²) in [5, 5.41) is 0. The highest BCUT2D eigenvalue weighted by atomic mass is 79.9. The van der Waals surface area contributed by atoms with Crippen LogP contribution in [0.25, 0.3) is 0 Å². The summed E-state index contributed by atoms with van der Waals surface area (Å²) < 4.78 is 28.0. The number of nitrogens with zero attached hydrogens (tertiary/aromatic N) is 1. The van der Waals surface area contributed by atoms with Crippen LogP contribution in [0.4, 0.5) is 0 Å². The molecule has 0 fully saturated rings. The molecule has 0 N–H and O–H groups in total. The Bertz CT molecular complexity index is 521. The molecule has 0 unspecified atom stereocenters. The monoisotopic (exact) mass is 361 g/mol. The van der Waals surface area contributed by atoms with Crippen molar-refractivity contribution in [3.8, 4) is 0 Å². The lowest BCUT2D eigenvalue weighted by molar-refractivity contribution is 0.395. The van der Waals surface area contributed by atoms with E-state index < -0.39 is 10.0 Å². The minimum atomic E-state index is -3.37. The van der Waals surface area contributed by atoms with Crippen LogP contribution in [0.15, 0.2) is 27.6 Å². The first-order valence-electron chi connectivity index (χ1n) is 7.19. The molecule has 0 aliphatic rings. The quantitative estimate of drug-likeness (QED) is 0.690. The molecule has 0 aliphatic carbocycles. The van der Waals surface area contributed by atoms with E-state index in [1.165, 1.54) is 0 Å². The highest BCUT2D eigenvalue weighted by molar-refractivity contribution is 9.10. The van der Waals surface area contributed by atoms with Gasteiger partial charge in [0.2, 0.25) is 10.0 Å². The number of halogens is 1. The van der Waals surface area contributed by atoms with Crippen LogP contribution >= 0.6 is 15.9 Å². The van der Waals surface area contributed by atoms with Crippen molar-refractivity contribution in [2.24, 2.45) is 0 Å². The number of sulfonamides is 1. The van der Waals surface area contributed by atoms with E-state index in [4.69, 9.17) is 0 Å². The zero-order chi connectivity index (χ0) is 15.2. The number of unbranched alkanes of at least 4 members (excludes halogenated alkanes) is 2. The third kappa shape index (κ3) is 4.57. The van der Waals surface area contributed by atoms with Crippen molar-refractivity contribution >= 4 is 26.0 Å². The van der Waals surface area contributed by atoms with Gasteiger partial charge in [-0.3, -0.25) is 0 Å². The maximum absolute atomic E-state index is 12.7. The minimum Gasteiger partial charge on any atom is -0.207 e. The maximum atomic E-state index is 12.7. The SMILES string of the molecule is CCCCN(CCCC)S(=O)(=O)c1ccc(Br)c(C)c1. The Kier molecular flexibility index (Phi) is 7.20. The Morgan fingerprint density at radius 3 is 2.10 bits per heavy atom. The molecule has 1 rings (SSSR count). The van der Waals surface area contributed by atoms with Gasteiger partial charge in [-0.05, 0) is 43.5 Å². The smallest absolute Gasteiger partial charge is 0.207 e. The average molecular weight is 362 g/mol. The van der Waals surface area contributed by atoms with Crippen LogP contribution in [0.3, 0.4) is 0 Å². The summed E-state index contributed by atoms with van der Waals surface area (Å²) in [6.07, 6.45) is 3.80. The Morgan fingerprint density at radius 1 is 1.10 bits per heavy atom. The van der Waals surface area contributed by atoms with Crippen LogP contribution in [-0.4, -0.2) is 25.8 Å². The zero-order valence-electron chi connectivity index (χ0n) is 12.5. The molecule has 0 saturated carbocycles. The summed E-state index contributed by atoms with van der Waals surface area (Å²) in [6, 6.07) is 5.22. The van der Waals surface area contributed by atoms with E-state index in [0.717, 1.165) is 35.7 Å². The molecule has 0 aliphatic heterocycles. The number of hydrogen-bond acceptors (Lipinski definition) is 2. The van der Waals surface area contributed by atoms with Crippen LogP contribution in [0, 0.1) is 6.92 Å². The summed E-state index contributed by atoms with van der Waals surface area (Å²) >= 11 is 3.41. The Hall–Kier alpha value is -0.390. The van der Waals surface area contributed by atoms with Crippen molar-refractivity contribution in [2.45, 2.75) is 51.3 Å². The summed E-state index contributed by atoms with van der Waals surface area (Å²) in [6.45, 7) is 7.27. The van der Waals surface area contributed by atoms with Crippen molar-refractivity contribution in [1.29, 1.82) is 0 Å². The molecule has 0 spiro atoms. The molecule has 1 aromatic carbocycles. The second-order valence-corrected chi connectivity index (χ2v) is 7.81. The number of rotatable bonds is 8. The van der Waals surface area contributed by atoms with Crippen LogP contribution in [0.2, 0.25) is 0 Å². The van der Waals surface area contributed by atoms with Gasteiger partial charge in [-0.25, -0.2) is 8.42 Å². The van der Waals surface area contributed by atoms with Crippen molar-refractivity contribution in [3.63, 3.8) is 0 Å². The van der Waals surface area contributed by atoms with Gasteiger partial charge in [0.25, 0.3) is 0 Å². The van der Waals surface area contributed by atoms with Gasteiger partial charge in [-0.1, -0.05) is 42.6 Å². The molecule has 3 nitrogen and oxygen atoms in total. The normalized spacial score (nSPS) is 12.1. The fourth-order valence-electron chi connectivity index (χ4n) is 1.95. The summed E-state index contributed by atoms with van der Waals surface area (Å²) in [7, 11) is -3.37. The largest absolute Gasteiger partial charge is 0.243 e. The summed E-state index contributed by atoms with van der Waals surface area (Å²) in [4.78, 5) is 0.394. The van der Waals surface area contributed by atoms with Gasteiger partial charge in [-0.2, -0.15) is 4.31 Å². The molecule has 5 heteroatoms. The first-order chi connectivity index (χ1) is 9.43. The Balaban J connectivity index is 3.03. The molecule has 0 saturated heterocycles. The Morgan fingerprint density at radius 2 is 1.65 bits per heavy atom. The maximum Gasteiger partial charge on any atom is 0.243 e. The molecule has 0 atom stereocenters. The topological polar surface area (TPSA) is 37.4 Å². The summed E-state index contributed by atoms with van der Waals surface area (Å²) in [5.74, 6) is 0. The van der Waals surface area contributed by atoms with Gasteiger partial charge in [-0.15, -0.1) is 0 Å². The molecule has 0 radical (unpaired) electrons.